The second-order valence-electron chi connectivity index (χ2n) is 4.89. The molecule has 98 valence electrons. The molecule has 1 aromatic heterocycles. The molecule has 3 aromatic rings. The summed E-state index contributed by atoms with van der Waals surface area (Å²) in [5.41, 5.74) is 4.60. The van der Waals surface area contributed by atoms with Crippen molar-refractivity contribution in [2.24, 2.45) is 0 Å². The van der Waals surface area contributed by atoms with Crippen LogP contribution in [0.25, 0.3) is 11.3 Å². The molecule has 0 spiro atoms. The van der Waals surface area contributed by atoms with Gasteiger partial charge in [-0.15, -0.1) is 0 Å². The topological polar surface area (TPSA) is 25.8 Å². The number of aryl methyl sites for hydroxylation is 1. The minimum atomic E-state index is 0.764. The highest BCUT2D eigenvalue weighted by atomic mass is 14.9. The first-order valence-corrected chi connectivity index (χ1v) is 6.74. The van der Waals surface area contributed by atoms with Gasteiger partial charge in [-0.1, -0.05) is 60.2 Å². The van der Waals surface area contributed by atoms with Gasteiger partial charge in [-0.25, -0.2) is 9.97 Å². The molecule has 0 aliphatic heterocycles. The zero-order valence-electron chi connectivity index (χ0n) is 11.5. The molecule has 0 aliphatic carbocycles. The average molecular weight is 260 g/mol. The van der Waals surface area contributed by atoms with Crippen molar-refractivity contribution in [1.82, 2.24) is 9.97 Å². The summed E-state index contributed by atoms with van der Waals surface area (Å²) >= 11 is 0. The van der Waals surface area contributed by atoms with Gasteiger partial charge in [0.15, 0.2) is 0 Å². The summed E-state index contributed by atoms with van der Waals surface area (Å²) < 4.78 is 0. The first-order valence-electron chi connectivity index (χ1n) is 6.74. The van der Waals surface area contributed by atoms with Crippen molar-refractivity contribution in [3.8, 4) is 11.3 Å². The molecule has 0 N–H and O–H groups in total. The Hall–Kier alpha value is -2.48. The molecule has 20 heavy (non-hydrogen) atoms. The molecule has 0 unspecified atom stereocenters. The van der Waals surface area contributed by atoms with E-state index in [0.717, 1.165) is 23.5 Å². The SMILES string of the molecule is Cc1ccc(-c2ccnc(Cc3ccccc3)n2)cc1. The van der Waals surface area contributed by atoms with Gasteiger partial charge in [-0.3, -0.25) is 0 Å². The van der Waals surface area contributed by atoms with Gasteiger partial charge < -0.3 is 0 Å². The summed E-state index contributed by atoms with van der Waals surface area (Å²) in [7, 11) is 0. The van der Waals surface area contributed by atoms with Crippen molar-refractivity contribution in [3.05, 3.63) is 83.8 Å². The maximum Gasteiger partial charge on any atom is 0.133 e. The fourth-order valence-corrected chi connectivity index (χ4v) is 2.15. The normalized spacial score (nSPS) is 10.4. The van der Waals surface area contributed by atoms with E-state index in [9.17, 15) is 0 Å². The van der Waals surface area contributed by atoms with Crippen LogP contribution in [0.15, 0.2) is 66.9 Å². The summed E-state index contributed by atoms with van der Waals surface area (Å²) in [6.07, 6.45) is 2.60. The van der Waals surface area contributed by atoms with Crippen LogP contribution < -0.4 is 0 Å². The van der Waals surface area contributed by atoms with Crippen molar-refractivity contribution in [1.29, 1.82) is 0 Å². The molecule has 0 saturated heterocycles. The van der Waals surface area contributed by atoms with Crippen molar-refractivity contribution in [2.75, 3.05) is 0 Å². The van der Waals surface area contributed by atoms with Gasteiger partial charge in [0, 0.05) is 18.2 Å². The Morgan fingerprint density at radius 1 is 0.850 bits per heavy atom. The van der Waals surface area contributed by atoms with E-state index in [1.165, 1.54) is 11.1 Å². The lowest BCUT2D eigenvalue weighted by atomic mass is 10.1. The Morgan fingerprint density at radius 2 is 1.60 bits per heavy atom. The first kappa shape index (κ1) is 12.5. The fourth-order valence-electron chi connectivity index (χ4n) is 2.15. The number of hydrogen-bond acceptors (Lipinski definition) is 2. The summed E-state index contributed by atoms with van der Waals surface area (Å²) in [6, 6.07) is 20.7. The van der Waals surface area contributed by atoms with Gasteiger partial charge in [0.2, 0.25) is 0 Å². The van der Waals surface area contributed by atoms with Gasteiger partial charge in [0.25, 0.3) is 0 Å². The third-order valence-corrected chi connectivity index (χ3v) is 3.26. The van der Waals surface area contributed by atoms with Crippen molar-refractivity contribution >= 4 is 0 Å². The molecule has 0 bridgehead atoms. The van der Waals surface area contributed by atoms with E-state index in [1.54, 1.807) is 0 Å². The number of hydrogen-bond donors (Lipinski definition) is 0. The highest BCUT2D eigenvalue weighted by Gasteiger charge is 2.03. The van der Waals surface area contributed by atoms with Crippen LogP contribution in [0.2, 0.25) is 0 Å². The lowest BCUT2D eigenvalue weighted by Crippen LogP contribution is -1.97. The second kappa shape index (κ2) is 5.66. The molecule has 3 rings (SSSR count). The molecule has 0 amide bonds. The summed E-state index contributed by atoms with van der Waals surface area (Å²) in [5, 5.41) is 0. The first-order chi connectivity index (χ1) is 9.81. The molecular weight excluding hydrogens is 244 g/mol. The largest absolute Gasteiger partial charge is 0.241 e. The monoisotopic (exact) mass is 260 g/mol. The second-order valence-corrected chi connectivity index (χ2v) is 4.89. The summed E-state index contributed by atoms with van der Waals surface area (Å²) in [4.78, 5) is 9.02. The Morgan fingerprint density at radius 3 is 2.35 bits per heavy atom. The van der Waals surface area contributed by atoms with E-state index in [-0.39, 0.29) is 0 Å². The molecule has 1 heterocycles. The van der Waals surface area contributed by atoms with E-state index in [0.29, 0.717) is 0 Å². The van der Waals surface area contributed by atoms with Crippen LogP contribution >= 0.6 is 0 Å². The van der Waals surface area contributed by atoms with Crippen molar-refractivity contribution in [2.45, 2.75) is 13.3 Å². The smallest absolute Gasteiger partial charge is 0.133 e. The summed E-state index contributed by atoms with van der Waals surface area (Å²) in [6.45, 7) is 2.09. The molecule has 2 nitrogen and oxygen atoms in total. The predicted molar refractivity (Wildman–Crippen MR) is 81.5 cm³/mol. The molecule has 0 aliphatic rings. The fraction of sp³-hybridized carbons (Fsp3) is 0.111. The van der Waals surface area contributed by atoms with Gasteiger partial charge in [-0.05, 0) is 18.6 Å². The average Bonchev–Trinajstić information content (AvgIpc) is 2.49. The number of rotatable bonds is 3. The Bertz CT molecular complexity index is 688. The van der Waals surface area contributed by atoms with Gasteiger partial charge in [-0.2, -0.15) is 0 Å². The van der Waals surface area contributed by atoms with Crippen LogP contribution in [0.1, 0.15) is 17.0 Å². The highest BCUT2D eigenvalue weighted by Crippen LogP contribution is 2.17. The highest BCUT2D eigenvalue weighted by molar-refractivity contribution is 5.58. The van der Waals surface area contributed by atoms with Gasteiger partial charge >= 0.3 is 0 Å². The Labute approximate surface area is 119 Å². The molecular formula is C18H16N2. The molecule has 2 aromatic carbocycles. The third-order valence-electron chi connectivity index (χ3n) is 3.26. The van der Waals surface area contributed by atoms with Crippen LogP contribution in [0.4, 0.5) is 0 Å². The van der Waals surface area contributed by atoms with Crippen molar-refractivity contribution in [3.63, 3.8) is 0 Å². The zero-order chi connectivity index (χ0) is 13.8. The quantitative estimate of drug-likeness (QED) is 0.710. The van der Waals surface area contributed by atoms with Crippen LogP contribution in [-0.2, 0) is 6.42 Å². The van der Waals surface area contributed by atoms with E-state index in [1.807, 2.05) is 30.5 Å². The molecule has 2 heteroatoms. The molecule has 0 atom stereocenters. The maximum atomic E-state index is 4.66. The van der Waals surface area contributed by atoms with E-state index >= 15 is 0 Å². The lowest BCUT2D eigenvalue weighted by Gasteiger charge is -2.04. The minimum absolute atomic E-state index is 0.764. The Kier molecular flexibility index (Phi) is 3.55. The number of nitrogens with zero attached hydrogens (tertiary/aromatic N) is 2. The number of benzene rings is 2. The lowest BCUT2D eigenvalue weighted by molar-refractivity contribution is 0.972. The van der Waals surface area contributed by atoms with Crippen LogP contribution in [0, 0.1) is 6.92 Å². The number of aromatic nitrogens is 2. The third kappa shape index (κ3) is 2.91. The van der Waals surface area contributed by atoms with Gasteiger partial charge in [0.1, 0.15) is 5.82 Å². The Balaban J connectivity index is 1.88. The van der Waals surface area contributed by atoms with Crippen molar-refractivity contribution < 1.29 is 0 Å². The summed E-state index contributed by atoms with van der Waals surface area (Å²) in [5.74, 6) is 0.856. The molecule has 0 radical (unpaired) electrons. The molecule has 0 fully saturated rings. The van der Waals surface area contributed by atoms with Crippen LogP contribution in [-0.4, -0.2) is 9.97 Å². The van der Waals surface area contributed by atoms with E-state index in [4.69, 9.17) is 0 Å². The molecule has 0 saturated carbocycles. The van der Waals surface area contributed by atoms with E-state index in [2.05, 4.69) is 53.3 Å². The minimum Gasteiger partial charge on any atom is -0.241 e. The predicted octanol–water partition coefficient (Wildman–Crippen LogP) is 4.04. The van der Waals surface area contributed by atoms with E-state index < -0.39 is 0 Å². The zero-order valence-corrected chi connectivity index (χ0v) is 11.5. The van der Waals surface area contributed by atoms with Gasteiger partial charge in [0.05, 0.1) is 5.69 Å². The van der Waals surface area contributed by atoms with Crippen LogP contribution in [0.3, 0.4) is 0 Å². The van der Waals surface area contributed by atoms with Crippen LogP contribution in [0.5, 0.6) is 0 Å². The standard InChI is InChI=1S/C18H16N2/c1-14-7-9-16(10-8-14)17-11-12-19-18(20-17)13-15-5-3-2-4-6-15/h2-12H,13H2,1H3. The maximum absolute atomic E-state index is 4.66.